The number of aromatic nitrogens is 1. The fraction of sp³-hybridized carbons (Fsp3) is 0.720. The van der Waals surface area contributed by atoms with Crippen molar-refractivity contribution in [1.29, 1.82) is 0 Å². The van der Waals surface area contributed by atoms with Gasteiger partial charge in [-0.15, -0.1) is 0 Å². The number of amides is 2. The molecule has 8 nitrogen and oxygen atoms in total. The highest BCUT2D eigenvalue weighted by molar-refractivity contribution is 5.94. The molecule has 3 rings (SSSR count). The van der Waals surface area contributed by atoms with E-state index in [-0.39, 0.29) is 30.3 Å². The topological polar surface area (TPSA) is 81.2 Å². The van der Waals surface area contributed by atoms with Gasteiger partial charge in [-0.05, 0) is 72.3 Å². The minimum absolute atomic E-state index is 0.0545. The van der Waals surface area contributed by atoms with Gasteiger partial charge < -0.3 is 24.0 Å². The summed E-state index contributed by atoms with van der Waals surface area (Å²) in [7, 11) is 3.47. The third-order valence-electron chi connectivity index (χ3n) is 6.08. The van der Waals surface area contributed by atoms with Crippen LogP contribution in [0.4, 0.5) is 4.79 Å². The lowest BCUT2D eigenvalue weighted by molar-refractivity contribution is -0.0678. The lowest BCUT2D eigenvalue weighted by Gasteiger charge is -2.36. The van der Waals surface area contributed by atoms with Crippen LogP contribution in [-0.2, 0) is 9.47 Å². The first-order valence-corrected chi connectivity index (χ1v) is 12.0. The molecular weight excluding hydrogens is 422 g/mol. The number of hydrogen-bond donors (Lipinski definition) is 0. The quantitative estimate of drug-likeness (QED) is 0.654. The minimum Gasteiger partial charge on any atom is -0.474 e. The predicted molar refractivity (Wildman–Crippen MR) is 126 cm³/mol. The van der Waals surface area contributed by atoms with Crippen molar-refractivity contribution in [3.63, 3.8) is 0 Å². The Bertz CT molecular complexity index is 820. The molecule has 2 amide bonds. The Balaban J connectivity index is 1.40. The first kappa shape index (κ1) is 25.3. The van der Waals surface area contributed by atoms with Crippen LogP contribution in [0.3, 0.4) is 0 Å². The van der Waals surface area contributed by atoms with Crippen molar-refractivity contribution >= 4 is 12.0 Å². The van der Waals surface area contributed by atoms with Gasteiger partial charge in [-0.25, -0.2) is 9.78 Å². The molecule has 33 heavy (non-hydrogen) atoms. The number of carbonyl (C=O) groups excluding carboxylic acids is 2. The van der Waals surface area contributed by atoms with E-state index in [9.17, 15) is 9.59 Å². The third-order valence-corrected chi connectivity index (χ3v) is 6.08. The van der Waals surface area contributed by atoms with Gasteiger partial charge in [0.05, 0.1) is 23.5 Å². The SMILES string of the molecule is Cc1nc(OC2CCC(OC3CCN(C(=O)OC(C)(C)C)CC3)CC2)ccc1C(=O)N(C)C. The molecule has 1 aliphatic carbocycles. The summed E-state index contributed by atoms with van der Waals surface area (Å²) in [6, 6.07) is 3.57. The van der Waals surface area contributed by atoms with Gasteiger partial charge in [-0.3, -0.25) is 4.79 Å². The van der Waals surface area contributed by atoms with E-state index in [1.54, 1.807) is 36.0 Å². The molecule has 0 radical (unpaired) electrons. The van der Waals surface area contributed by atoms with Crippen LogP contribution in [-0.4, -0.2) is 77.9 Å². The molecule has 0 N–H and O–H groups in total. The zero-order chi connectivity index (χ0) is 24.2. The minimum atomic E-state index is -0.467. The van der Waals surface area contributed by atoms with Crippen LogP contribution in [0, 0.1) is 6.92 Å². The Kier molecular flexibility index (Phi) is 8.21. The van der Waals surface area contributed by atoms with Gasteiger partial charge in [0, 0.05) is 33.3 Å². The molecule has 0 spiro atoms. The summed E-state index contributed by atoms with van der Waals surface area (Å²) < 4.78 is 17.9. The van der Waals surface area contributed by atoms with Crippen LogP contribution >= 0.6 is 0 Å². The molecule has 2 aliphatic rings. The molecule has 8 heteroatoms. The largest absolute Gasteiger partial charge is 0.474 e. The van der Waals surface area contributed by atoms with E-state index in [0.29, 0.717) is 30.2 Å². The van der Waals surface area contributed by atoms with E-state index < -0.39 is 5.60 Å². The van der Waals surface area contributed by atoms with E-state index in [1.807, 2.05) is 27.7 Å². The van der Waals surface area contributed by atoms with Gasteiger partial charge in [0.1, 0.15) is 11.7 Å². The molecule has 0 aromatic carbocycles. The molecule has 0 bridgehead atoms. The average Bonchev–Trinajstić information content (AvgIpc) is 2.74. The lowest BCUT2D eigenvalue weighted by atomic mass is 9.94. The highest BCUT2D eigenvalue weighted by atomic mass is 16.6. The Hall–Kier alpha value is -2.35. The first-order chi connectivity index (χ1) is 15.5. The number of nitrogens with zero attached hydrogens (tertiary/aromatic N) is 3. The molecule has 1 aromatic rings. The smallest absolute Gasteiger partial charge is 0.410 e. The van der Waals surface area contributed by atoms with Crippen LogP contribution in [0.15, 0.2) is 12.1 Å². The van der Waals surface area contributed by atoms with Crippen LogP contribution in [0.5, 0.6) is 5.88 Å². The maximum Gasteiger partial charge on any atom is 0.410 e. The number of hydrogen-bond acceptors (Lipinski definition) is 6. The number of pyridine rings is 1. The summed E-state index contributed by atoms with van der Waals surface area (Å²) in [5.74, 6) is 0.517. The van der Waals surface area contributed by atoms with Gasteiger partial charge in [-0.1, -0.05) is 0 Å². The summed E-state index contributed by atoms with van der Waals surface area (Å²) in [5, 5.41) is 0. The number of piperidine rings is 1. The molecule has 0 atom stereocenters. The molecule has 2 fully saturated rings. The zero-order valence-electron chi connectivity index (χ0n) is 20.9. The Labute approximate surface area is 197 Å². The van der Waals surface area contributed by atoms with Crippen molar-refractivity contribution in [2.45, 2.75) is 90.1 Å². The second kappa shape index (κ2) is 10.7. The maximum absolute atomic E-state index is 12.2. The number of rotatable bonds is 5. The Morgan fingerprint density at radius 1 is 0.970 bits per heavy atom. The standard InChI is InChI=1S/C25H39N3O5/c1-17-21(23(29)27(5)6)11-12-22(26-17)32-19-9-7-18(8-10-19)31-20-13-15-28(16-14-20)24(30)33-25(2,3)4/h11-12,18-20H,7-10,13-16H2,1-6H3. The second-order valence-electron chi connectivity index (χ2n) is 10.3. The normalized spacial score (nSPS) is 22.1. The van der Waals surface area contributed by atoms with Gasteiger partial charge in [0.2, 0.25) is 5.88 Å². The fourth-order valence-corrected chi connectivity index (χ4v) is 4.30. The number of likely N-dealkylation sites (tertiary alicyclic amines) is 1. The lowest BCUT2D eigenvalue weighted by Crippen LogP contribution is -2.44. The Morgan fingerprint density at radius 3 is 2.09 bits per heavy atom. The van der Waals surface area contributed by atoms with E-state index in [2.05, 4.69) is 4.98 Å². The van der Waals surface area contributed by atoms with Crippen molar-refractivity contribution in [3.05, 3.63) is 23.4 Å². The highest BCUT2D eigenvalue weighted by Gasteiger charge is 2.30. The molecule has 1 saturated carbocycles. The summed E-state index contributed by atoms with van der Waals surface area (Å²) in [6.45, 7) is 8.85. The Morgan fingerprint density at radius 2 is 1.55 bits per heavy atom. The second-order valence-corrected chi connectivity index (χ2v) is 10.3. The van der Waals surface area contributed by atoms with Gasteiger partial charge >= 0.3 is 6.09 Å². The zero-order valence-corrected chi connectivity index (χ0v) is 20.9. The maximum atomic E-state index is 12.2. The monoisotopic (exact) mass is 461 g/mol. The van der Waals surface area contributed by atoms with E-state index in [0.717, 1.165) is 38.5 Å². The average molecular weight is 462 g/mol. The van der Waals surface area contributed by atoms with Gasteiger partial charge in [0.15, 0.2) is 0 Å². The van der Waals surface area contributed by atoms with Crippen LogP contribution in [0.25, 0.3) is 0 Å². The fourth-order valence-electron chi connectivity index (χ4n) is 4.30. The van der Waals surface area contributed by atoms with Crippen LogP contribution in [0.2, 0.25) is 0 Å². The van der Waals surface area contributed by atoms with Crippen molar-refractivity contribution < 1.29 is 23.8 Å². The van der Waals surface area contributed by atoms with Gasteiger partial charge in [0.25, 0.3) is 5.91 Å². The van der Waals surface area contributed by atoms with Gasteiger partial charge in [-0.2, -0.15) is 0 Å². The summed E-state index contributed by atoms with van der Waals surface area (Å²) in [4.78, 5) is 32.2. The molecule has 1 aromatic heterocycles. The van der Waals surface area contributed by atoms with E-state index >= 15 is 0 Å². The first-order valence-electron chi connectivity index (χ1n) is 12.0. The predicted octanol–water partition coefficient (Wildman–Crippen LogP) is 4.20. The van der Waals surface area contributed by atoms with Crippen LogP contribution < -0.4 is 4.74 Å². The number of ether oxygens (including phenoxy) is 3. The van der Waals surface area contributed by atoms with Crippen molar-refractivity contribution in [2.75, 3.05) is 27.2 Å². The molecule has 1 aliphatic heterocycles. The van der Waals surface area contributed by atoms with Crippen molar-refractivity contribution in [1.82, 2.24) is 14.8 Å². The van der Waals surface area contributed by atoms with E-state index in [1.165, 1.54) is 0 Å². The highest BCUT2D eigenvalue weighted by Crippen LogP contribution is 2.28. The molecule has 0 unspecified atom stereocenters. The van der Waals surface area contributed by atoms with Crippen molar-refractivity contribution in [3.8, 4) is 5.88 Å². The summed E-state index contributed by atoms with van der Waals surface area (Å²) in [6.07, 6.45) is 5.73. The van der Waals surface area contributed by atoms with Crippen LogP contribution in [0.1, 0.15) is 75.3 Å². The molecular formula is C25H39N3O5. The van der Waals surface area contributed by atoms with Crippen molar-refractivity contribution in [2.24, 2.45) is 0 Å². The molecule has 184 valence electrons. The van der Waals surface area contributed by atoms with E-state index in [4.69, 9.17) is 14.2 Å². The summed E-state index contributed by atoms with van der Waals surface area (Å²) in [5.41, 5.74) is 0.813. The summed E-state index contributed by atoms with van der Waals surface area (Å²) >= 11 is 0. The number of carbonyl (C=O) groups is 2. The number of aryl methyl sites for hydroxylation is 1. The molecule has 2 heterocycles. The molecule has 1 saturated heterocycles. The third kappa shape index (κ3) is 7.32.